The number of aliphatic hydroxyl groups excluding tert-OH is 1. The van der Waals surface area contributed by atoms with Crippen LogP contribution in [0.25, 0.3) is 0 Å². The summed E-state index contributed by atoms with van der Waals surface area (Å²) in [5, 5.41) is 9.63. The van der Waals surface area contributed by atoms with E-state index < -0.39 is 11.9 Å². The Labute approximate surface area is 98.9 Å². The Bertz CT molecular complexity index is 363. The minimum absolute atomic E-state index is 0.248. The molecule has 0 aromatic heterocycles. The molecule has 0 aliphatic rings. The van der Waals surface area contributed by atoms with Crippen molar-refractivity contribution in [3.8, 4) is 0 Å². The lowest BCUT2D eigenvalue weighted by Gasteiger charge is -2.10. The van der Waals surface area contributed by atoms with Crippen LogP contribution in [0.3, 0.4) is 0 Å². The molecule has 0 saturated carbocycles. The van der Waals surface area contributed by atoms with Crippen LogP contribution in [0.15, 0.2) is 33.2 Å². The smallest absolute Gasteiger partial charge is 0.144 e. The number of rotatable bonds is 2. The van der Waals surface area contributed by atoms with Gasteiger partial charge in [0.05, 0.1) is 4.47 Å². The van der Waals surface area contributed by atoms with Gasteiger partial charge in [-0.05, 0) is 35.0 Å². The van der Waals surface area contributed by atoms with Gasteiger partial charge >= 0.3 is 0 Å². The Hall–Kier alpha value is -0.190. The highest BCUT2D eigenvalue weighted by Gasteiger charge is 2.16. The third-order valence-corrected chi connectivity index (χ3v) is 3.05. The van der Waals surface area contributed by atoms with Gasteiger partial charge in [-0.1, -0.05) is 28.1 Å². The van der Waals surface area contributed by atoms with Crippen LogP contribution in [-0.2, 0) is 0 Å². The summed E-state index contributed by atoms with van der Waals surface area (Å²) in [4.78, 5) is 0. The molecule has 0 aliphatic carbocycles. The molecular formula is C10H9Br2FO. The molecule has 4 heteroatoms. The van der Waals surface area contributed by atoms with Crippen LogP contribution in [0.1, 0.15) is 18.6 Å². The SMILES string of the molecule is C/C=C/C(O)c1c(Br)ccc(Br)c1F. The van der Waals surface area contributed by atoms with Gasteiger partial charge in [0.1, 0.15) is 11.9 Å². The second-order valence-electron chi connectivity index (χ2n) is 2.73. The molecule has 76 valence electrons. The minimum Gasteiger partial charge on any atom is -0.384 e. The van der Waals surface area contributed by atoms with Crippen molar-refractivity contribution in [1.29, 1.82) is 0 Å². The largest absolute Gasteiger partial charge is 0.384 e. The molecule has 1 atom stereocenters. The lowest BCUT2D eigenvalue weighted by molar-refractivity contribution is 0.222. The normalized spacial score (nSPS) is 13.5. The van der Waals surface area contributed by atoms with Crippen LogP contribution in [-0.4, -0.2) is 5.11 Å². The predicted molar refractivity (Wildman–Crippen MR) is 61.6 cm³/mol. The fourth-order valence-corrected chi connectivity index (χ4v) is 1.98. The van der Waals surface area contributed by atoms with Crippen LogP contribution < -0.4 is 0 Å². The van der Waals surface area contributed by atoms with Crippen molar-refractivity contribution in [3.63, 3.8) is 0 Å². The molecule has 1 unspecified atom stereocenters. The molecule has 1 rings (SSSR count). The summed E-state index contributed by atoms with van der Waals surface area (Å²) in [6.45, 7) is 1.77. The number of halogens is 3. The third-order valence-electron chi connectivity index (χ3n) is 1.75. The molecular weight excluding hydrogens is 315 g/mol. The van der Waals surface area contributed by atoms with E-state index in [0.717, 1.165) is 0 Å². The van der Waals surface area contributed by atoms with E-state index in [4.69, 9.17) is 0 Å². The van der Waals surface area contributed by atoms with Gasteiger partial charge in [-0.3, -0.25) is 0 Å². The zero-order chi connectivity index (χ0) is 10.7. The fraction of sp³-hybridized carbons (Fsp3) is 0.200. The minimum atomic E-state index is -0.924. The maximum absolute atomic E-state index is 13.6. The molecule has 0 radical (unpaired) electrons. The van der Waals surface area contributed by atoms with Gasteiger partial charge in [0.15, 0.2) is 0 Å². The summed E-state index contributed by atoms with van der Waals surface area (Å²) in [6, 6.07) is 3.28. The molecule has 1 aromatic rings. The van der Waals surface area contributed by atoms with E-state index in [1.807, 2.05) is 0 Å². The van der Waals surface area contributed by atoms with E-state index in [9.17, 15) is 9.50 Å². The maximum Gasteiger partial charge on any atom is 0.144 e. The van der Waals surface area contributed by atoms with Gasteiger partial charge < -0.3 is 5.11 Å². The average Bonchev–Trinajstić information content (AvgIpc) is 2.13. The maximum atomic E-state index is 13.6. The fourth-order valence-electron chi connectivity index (χ4n) is 1.09. The van der Waals surface area contributed by atoms with E-state index in [-0.39, 0.29) is 5.56 Å². The topological polar surface area (TPSA) is 20.2 Å². The molecule has 1 aromatic carbocycles. The first-order valence-corrected chi connectivity index (χ1v) is 5.60. The van der Waals surface area contributed by atoms with E-state index in [2.05, 4.69) is 31.9 Å². The van der Waals surface area contributed by atoms with Crippen LogP contribution >= 0.6 is 31.9 Å². The predicted octanol–water partition coefficient (Wildman–Crippen LogP) is 3.96. The third kappa shape index (κ3) is 2.43. The summed E-state index contributed by atoms with van der Waals surface area (Å²) >= 11 is 6.27. The van der Waals surface area contributed by atoms with Crippen molar-refractivity contribution in [2.24, 2.45) is 0 Å². The van der Waals surface area contributed by atoms with E-state index >= 15 is 0 Å². The first-order chi connectivity index (χ1) is 6.57. The molecule has 0 amide bonds. The Morgan fingerprint density at radius 1 is 1.36 bits per heavy atom. The van der Waals surface area contributed by atoms with Crippen molar-refractivity contribution >= 4 is 31.9 Å². The standard InChI is InChI=1S/C10H9Br2FO/c1-2-3-8(14)9-6(11)4-5-7(12)10(9)13/h2-5,8,14H,1H3/b3-2+. The van der Waals surface area contributed by atoms with Crippen LogP contribution in [0.5, 0.6) is 0 Å². The molecule has 0 heterocycles. The van der Waals surface area contributed by atoms with E-state index in [1.165, 1.54) is 6.08 Å². The molecule has 0 saturated heterocycles. The second kappa shape index (κ2) is 5.05. The average molecular weight is 324 g/mol. The molecule has 0 bridgehead atoms. The Morgan fingerprint density at radius 2 is 1.93 bits per heavy atom. The molecule has 1 nitrogen and oxygen atoms in total. The highest BCUT2D eigenvalue weighted by atomic mass is 79.9. The second-order valence-corrected chi connectivity index (χ2v) is 4.44. The first kappa shape index (κ1) is 11.9. The number of benzene rings is 1. The van der Waals surface area contributed by atoms with Crippen molar-refractivity contribution in [2.75, 3.05) is 0 Å². The first-order valence-electron chi connectivity index (χ1n) is 4.02. The lowest BCUT2D eigenvalue weighted by atomic mass is 10.1. The van der Waals surface area contributed by atoms with Crippen molar-refractivity contribution < 1.29 is 9.50 Å². The van der Waals surface area contributed by atoms with Crippen LogP contribution in [0.2, 0.25) is 0 Å². The number of allylic oxidation sites excluding steroid dienone is 1. The Morgan fingerprint density at radius 3 is 2.50 bits per heavy atom. The van der Waals surface area contributed by atoms with Gasteiger partial charge in [0.25, 0.3) is 0 Å². The lowest BCUT2D eigenvalue weighted by Crippen LogP contribution is -1.99. The Balaban J connectivity index is 3.24. The van der Waals surface area contributed by atoms with E-state index in [1.54, 1.807) is 25.1 Å². The van der Waals surface area contributed by atoms with Crippen LogP contribution in [0, 0.1) is 5.82 Å². The van der Waals surface area contributed by atoms with Gasteiger partial charge in [-0.25, -0.2) is 4.39 Å². The van der Waals surface area contributed by atoms with Crippen molar-refractivity contribution in [1.82, 2.24) is 0 Å². The number of aliphatic hydroxyl groups is 1. The van der Waals surface area contributed by atoms with Gasteiger partial charge in [0.2, 0.25) is 0 Å². The van der Waals surface area contributed by atoms with Crippen molar-refractivity contribution in [3.05, 3.63) is 44.6 Å². The van der Waals surface area contributed by atoms with Gasteiger partial charge in [-0.2, -0.15) is 0 Å². The summed E-state index contributed by atoms with van der Waals surface area (Å²) in [6.07, 6.45) is 2.28. The Kier molecular flexibility index (Phi) is 4.29. The molecule has 0 aliphatic heterocycles. The zero-order valence-electron chi connectivity index (χ0n) is 7.47. The van der Waals surface area contributed by atoms with E-state index in [0.29, 0.717) is 8.95 Å². The highest BCUT2D eigenvalue weighted by molar-refractivity contribution is 9.11. The molecule has 1 N–H and O–H groups in total. The zero-order valence-corrected chi connectivity index (χ0v) is 10.6. The summed E-state index contributed by atoms with van der Waals surface area (Å²) < 4.78 is 14.5. The molecule has 14 heavy (non-hydrogen) atoms. The monoisotopic (exact) mass is 322 g/mol. The number of hydrogen-bond donors (Lipinski definition) is 1. The van der Waals surface area contributed by atoms with Crippen molar-refractivity contribution in [2.45, 2.75) is 13.0 Å². The summed E-state index contributed by atoms with van der Waals surface area (Å²) in [7, 11) is 0. The quantitative estimate of drug-likeness (QED) is 0.645. The summed E-state index contributed by atoms with van der Waals surface area (Å²) in [5.74, 6) is -0.440. The van der Waals surface area contributed by atoms with Gasteiger partial charge in [-0.15, -0.1) is 0 Å². The van der Waals surface area contributed by atoms with Crippen LogP contribution in [0.4, 0.5) is 4.39 Å². The van der Waals surface area contributed by atoms with Gasteiger partial charge in [0, 0.05) is 10.0 Å². The highest BCUT2D eigenvalue weighted by Crippen LogP contribution is 2.31. The molecule has 0 spiro atoms. The summed E-state index contributed by atoms with van der Waals surface area (Å²) in [5.41, 5.74) is 0.248. The molecule has 0 fully saturated rings. The number of hydrogen-bond acceptors (Lipinski definition) is 1.